The van der Waals surface area contributed by atoms with Gasteiger partial charge in [-0.1, -0.05) is 30.3 Å². The Bertz CT molecular complexity index is 1060. The van der Waals surface area contributed by atoms with Gasteiger partial charge < -0.3 is 10.1 Å². The Morgan fingerprint density at radius 3 is 2.41 bits per heavy atom. The summed E-state index contributed by atoms with van der Waals surface area (Å²) < 4.78 is 5.20. The number of hydrogen-bond acceptors (Lipinski definition) is 6. The third kappa shape index (κ3) is 3.74. The average molecular weight is 365 g/mol. The predicted octanol–water partition coefficient (Wildman–Crippen LogP) is 3.69. The number of hydrogen-bond donors (Lipinski definition) is 1. The summed E-state index contributed by atoms with van der Waals surface area (Å²) in [6.45, 7) is 2.53. The highest BCUT2D eigenvalue weighted by molar-refractivity contribution is 6.07. The number of carbonyl (C=O) groups is 2. The Labute approximate surface area is 153 Å². The number of ether oxygens (including phenoxy) is 1. The molecule has 2 aromatic carbocycles. The number of amides is 1. The molecule has 0 spiro atoms. The van der Waals surface area contributed by atoms with Gasteiger partial charge in [-0.2, -0.15) is 0 Å². The molecule has 0 saturated heterocycles. The van der Waals surface area contributed by atoms with Gasteiger partial charge in [-0.15, -0.1) is 0 Å². The number of nitrogens with one attached hydrogen (secondary N) is 1. The highest BCUT2D eigenvalue weighted by atomic mass is 16.6. The minimum atomic E-state index is -0.602. The van der Waals surface area contributed by atoms with E-state index in [1.807, 2.05) is 6.07 Å². The van der Waals surface area contributed by atoms with Gasteiger partial charge in [0.2, 0.25) is 11.8 Å². The fraction of sp³-hybridized carbons (Fsp3) is 0.105. The Kier molecular flexibility index (Phi) is 4.80. The summed E-state index contributed by atoms with van der Waals surface area (Å²) in [5.74, 6) is -1.07. The Morgan fingerprint density at radius 2 is 1.81 bits per heavy atom. The summed E-state index contributed by atoms with van der Waals surface area (Å²) in [4.78, 5) is 38.3. The first kappa shape index (κ1) is 18.0. The minimum absolute atomic E-state index is 0.0714. The van der Waals surface area contributed by atoms with E-state index in [0.29, 0.717) is 22.0 Å². The SMILES string of the molecule is CC(=O)Nc1c(OC(C)=O)nc2ccc([N+](=O)[O-])cc2c1-c1ccccc1. The summed E-state index contributed by atoms with van der Waals surface area (Å²) in [6.07, 6.45) is 0. The lowest BCUT2D eigenvalue weighted by Crippen LogP contribution is -2.12. The number of nitrogens with zero attached hydrogens (tertiary/aromatic N) is 2. The van der Waals surface area contributed by atoms with Crippen LogP contribution in [0.15, 0.2) is 48.5 Å². The van der Waals surface area contributed by atoms with Crippen LogP contribution in [-0.2, 0) is 9.59 Å². The number of non-ortho nitro benzene ring substituents is 1. The number of aromatic nitrogens is 1. The van der Waals surface area contributed by atoms with Crippen LogP contribution in [0.1, 0.15) is 13.8 Å². The minimum Gasteiger partial charge on any atom is -0.405 e. The number of carbonyl (C=O) groups excluding carboxylic acids is 2. The molecule has 0 radical (unpaired) electrons. The van der Waals surface area contributed by atoms with Crippen molar-refractivity contribution in [3.63, 3.8) is 0 Å². The van der Waals surface area contributed by atoms with E-state index < -0.39 is 16.8 Å². The Morgan fingerprint density at radius 1 is 1.11 bits per heavy atom. The molecule has 0 unspecified atom stereocenters. The predicted molar refractivity (Wildman–Crippen MR) is 99.4 cm³/mol. The standard InChI is InChI=1S/C19H15N3O5/c1-11(23)20-18-17(13-6-4-3-5-7-13)15-10-14(22(25)26)8-9-16(15)21-19(18)27-12(2)24/h3-10H,1-2H3,(H,20,23). The molecule has 3 rings (SSSR count). The molecule has 1 aromatic heterocycles. The molecule has 8 nitrogen and oxygen atoms in total. The van der Waals surface area contributed by atoms with E-state index in [-0.39, 0.29) is 17.3 Å². The maximum atomic E-state index is 11.8. The summed E-state index contributed by atoms with van der Waals surface area (Å²) in [5, 5.41) is 14.3. The molecule has 1 heterocycles. The van der Waals surface area contributed by atoms with Crippen molar-refractivity contribution in [3.05, 3.63) is 58.6 Å². The monoisotopic (exact) mass is 365 g/mol. The van der Waals surface area contributed by atoms with Crippen molar-refractivity contribution < 1.29 is 19.2 Å². The largest absolute Gasteiger partial charge is 0.405 e. The second kappa shape index (κ2) is 7.20. The van der Waals surface area contributed by atoms with Gasteiger partial charge in [0, 0.05) is 36.9 Å². The Balaban J connectivity index is 2.44. The van der Waals surface area contributed by atoms with Crippen LogP contribution < -0.4 is 10.1 Å². The van der Waals surface area contributed by atoms with Crippen molar-refractivity contribution in [2.45, 2.75) is 13.8 Å². The molecule has 0 fully saturated rings. The van der Waals surface area contributed by atoms with Crippen LogP contribution in [0.25, 0.3) is 22.0 Å². The number of fused-ring (bicyclic) bond motifs is 1. The first-order valence-electron chi connectivity index (χ1n) is 8.00. The van der Waals surface area contributed by atoms with E-state index in [4.69, 9.17) is 4.74 Å². The fourth-order valence-corrected chi connectivity index (χ4v) is 2.75. The van der Waals surface area contributed by atoms with E-state index in [1.165, 1.54) is 32.0 Å². The van der Waals surface area contributed by atoms with Crippen molar-refractivity contribution in [3.8, 4) is 17.0 Å². The fourth-order valence-electron chi connectivity index (χ4n) is 2.75. The van der Waals surface area contributed by atoms with E-state index in [1.54, 1.807) is 24.3 Å². The molecule has 136 valence electrons. The zero-order valence-electron chi connectivity index (χ0n) is 14.6. The smallest absolute Gasteiger partial charge is 0.309 e. The van der Waals surface area contributed by atoms with Crippen LogP contribution >= 0.6 is 0 Å². The van der Waals surface area contributed by atoms with Crippen LogP contribution in [0, 0.1) is 10.1 Å². The topological polar surface area (TPSA) is 111 Å². The number of pyridine rings is 1. The molecule has 27 heavy (non-hydrogen) atoms. The van der Waals surface area contributed by atoms with Crippen molar-refractivity contribution in [1.29, 1.82) is 0 Å². The Hall–Kier alpha value is -3.81. The molecular weight excluding hydrogens is 350 g/mol. The van der Waals surface area contributed by atoms with Gasteiger partial charge in [-0.05, 0) is 11.6 Å². The molecule has 1 amide bonds. The first-order valence-corrected chi connectivity index (χ1v) is 8.00. The molecule has 0 aliphatic carbocycles. The molecule has 0 atom stereocenters. The van der Waals surface area contributed by atoms with Gasteiger partial charge in [0.15, 0.2) is 0 Å². The van der Waals surface area contributed by atoms with Gasteiger partial charge in [0.25, 0.3) is 5.69 Å². The third-order valence-electron chi connectivity index (χ3n) is 3.75. The van der Waals surface area contributed by atoms with Crippen molar-refractivity contribution in [2.24, 2.45) is 0 Å². The second-order valence-electron chi connectivity index (χ2n) is 5.77. The van der Waals surface area contributed by atoms with Gasteiger partial charge >= 0.3 is 5.97 Å². The van der Waals surface area contributed by atoms with E-state index in [2.05, 4.69) is 10.3 Å². The number of nitro benzene ring substituents is 1. The number of nitro groups is 1. The third-order valence-corrected chi connectivity index (χ3v) is 3.75. The lowest BCUT2D eigenvalue weighted by Gasteiger charge is -2.16. The molecule has 1 N–H and O–H groups in total. The van der Waals surface area contributed by atoms with Crippen LogP contribution in [-0.4, -0.2) is 21.8 Å². The summed E-state index contributed by atoms with van der Waals surface area (Å²) in [5.41, 5.74) is 1.62. The summed E-state index contributed by atoms with van der Waals surface area (Å²) >= 11 is 0. The molecule has 0 saturated carbocycles. The van der Waals surface area contributed by atoms with Crippen molar-refractivity contribution in [1.82, 2.24) is 4.98 Å². The maximum absolute atomic E-state index is 11.8. The average Bonchev–Trinajstić information content (AvgIpc) is 2.61. The number of anilines is 1. The van der Waals surface area contributed by atoms with E-state index in [0.717, 1.165) is 0 Å². The lowest BCUT2D eigenvalue weighted by molar-refractivity contribution is -0.384. The van der Waals surface area contributed by atoms with E-state index in [9.17, 15) is 19.7 Å². The molecule has 3 aromatic rings. The zero-order chi connectivity index (χ0) is 19.6. The van der Waals surface area contributed by atoms with Crippen molar-refractivity contribution in [2.75, 3.05) is 5.32 Å². The molecule has 0 aliphatic heterocycles. The van der Waals surface area contributed by atoms with Gasteiger partial charge in [-0.25, -0.2) is 4.98 Å². The van der Waals surface area contributed by atoms with Crippen LogP contribution in [0.4, 0.5) is 11.4 Å². The number of benzene rings is 2. The quantitative estimate of drug-likeness (QED) is 0.429. The lowest BCUT2D eigenvalue weighted by atomic mass is 9.98. The normalized spacial score (nSPS) is 10.4. The highest BCUT2D eigenvalue weighted by Gasteiger charge is 2.21. The molecular formula is C19H15N3O5. The number of rotatable bonds is 4. The van der Waals surface area contributed by atoms with Crippen LogP contribution in [0.5, 0.6) is 5.88 Å². The summed E-state index contributed by atoms with van der Waals surface area (Å²) in [6, 6.07) is 13.2. The van der Waals surface area contributed by atoms with Crippen molar-refractivity contribution >= 4 is 34.2 Å². The summed E-state index contributed by atoms with van der Waals surface area (Å²) in [7, 11) is 0. The van der Waals surface area contributed by atoms with Gasteiger partial charge in [0.05, 0.1) is 10.4 Å². The van der Waals surface area contributed by atoms with Crippen LogP contribution in [0.3, 0.4) is 0 Å². The maximum Gasteiger partial charge on any atom is 0.309 e. The molecule has 8 heteroatoms. The van der Waals surface area contributed by atoms with Gasteiger partial charge in [-0.3, -0.25) is 19.7 Å². The number of esters is 1. The van der Waals surface area contributed by atoms with Crippen LogP contribution in [0.2, 0.25) is 0 Å². The first-order chi connectivity index (χ1) is 12.9. The second-order valence-corrected chi connectivity index (χ2v) is 5.77. The highest BCUT2D eigenvalue weighted by Crippen LogP contribution is 2.41. The van der Waals surface area contributed by atoms with Gasteiger partial charge in [0.1, 0.15) is 5.69 Å². The van der Waals surface area contributed by atoms with E-state index >= 15 is 0 Å². The molecule has 0 bridgehead atoms. The molecule has 0 aliphatic rings. The zero-order valence-corrected chi connectivity index (χ0v) is 14.6.